The molecule has 1 saturated carbocycles. The second-order valence-corrected chi connectivity index (χ2v) is 5.60. The summed E-state index contributed by atoms with van der Waals surface area (Å²) in [5, 5.41) is 8.93. The lowest BCUT2D eigenvalue weighted by Gasteiger charge is -2.11. The van der Waals surface area contributed by atoms with E-state index in [1.165, 1.54) is 11.1 Å². The molecule has 1 aliphatic rings. The van der Waals surface area contributed by atoms with Gasteiger partial charge < -0.3 is 0 Å². The lowest BCUT2D eigenvalue weighted by atomic mass is 9.93. The van der Waals surface area contributed by atoms with Crippen LogP contribution in [0.4, 0.5) is 0 Å². The molecule has 2 rings (SSSR count). The van der Waals surface area contributed by atoms with Crippen LogP contribution in [-0.2, 0) is 11.8 Å². The maximum atomic E-state index is 8.93. The molecule has 84 valence electrons. The first-order chi connectivity index (χ1) is 7.56. The average molecular weight is 213 g/mol. The van der Waals surface area contributed by atoms with Gasteiger partial charge in [0.2, 0.25) is 0 Å². The first-order valence-electron chi connectivity index (χ1n) is 6.05. The topological polar surface area (TPSA) is 23.8 Å². The maximum Gasteiger partial charge on any atom is 0.0665 e. The third kappa shape index (κ3) is 1.97. The Morgan fingerprint density at radius 3 is 2.44 bits per heavy atom. The van der Waals surface area contributed by atoms with E-state index in [1.54, 1.807) is 0 Å². The molecule has 1 nitrogen and oxygen atoms in total. The summed E-state index contributed by atoms with van der Waals surface area (Å²) in [6.45, 7) is 6.67. The van der Waals surface area contributed by atoms with Gasteiger partial charge in [0.05, 0.1) is 12.0 Å². The minimum absolute atomic E-state index is 0.130. The summed E-state index contributed by atoms with van der Waals surface area (Å²) in [6.07, 6.45) is 2.16. The van der Waals surface area contributed by atoms with Crippen molar-refractivity contribution in [1.29, 1.82) is 5.26 Å². The maximum absolute atomic E-state index is 8.93. The van der Waals surface area contributed by atoms with Crippen molar-refractivity contribution in [3.05, 3.63) is 35.4 Å². The quantitative estimate of drug-likeness (QED) is 0.751. The van der Waals surface area contributed by atoms with Crippen molar-refractivity contribution in [3.8, 4) is 6.07 Å². The van der Waals surface area contributed by atoms with Gasteiger partial charge in [-0.15, -0.1) is 0 Å². The van der Waals surface area contributed by atoms with Crippen molar-refractivity contribution in [2.45, 2.75) is 39.0 Å². The van der Waals surface area contributed by atoms with Crippen LogP contribution >= 0.6 is 0 Å². The van der Waals surface area contributed by atoms with Crippen LogP contribution < -0.4 is 0 Å². The first-order valence-corrected chi connectivity index (χ1v) is 6.05. The number of benzene rings is 1. The molecule has 1 aliphatic carbocycles. The van der Waals surface area contributed by atoms with E-state index in [0.29, 0.717) is 5.92 Å². The summed E-state index contributed by atoms with van der Waals surface area (Å²) >= 11 is 0. The Kier molecular flexibility index (Phi) is 2.76. The Morgan fingerprint density at radius 1 is 1.38 bits per heavy atom. The minimum Gasteiger partial charge on any atom is -0.198 e. The molecular weight excluding hydrogens is 194 g/mol. The second-order valence-electron chi connectivity index (χ2n) is 5.60. The third-order valence-electron chi connectivity index (χ3n) is 3.65. The van der Waals surface area contributed by atoms with Crippen molar-refractivity contribution < 1.29 is 0 Å². The zero-order valence-corrected chi connectivity index (χ0v) is 10.3. The molecule has 0 heterocycles. The van der Waals surface area contributed by atoms with E-state index in [2.05, 4.69) is 51.1 Å². The van der Waals surface area contributed by atoms with Crippen LogP contribution in [0.5, 0.6) is 0 Å². The number of hydrogen-bond acceptors (Lipinski definition) is 1. The number of nitrogens with zero attached hydrogens (tertiary/aromatic N) is 1. The van der Waals surface area contributed by atoms with Gasteiger partial charge in [-0.05, 0) is 29.9 Å². The zero-order valence-electron chi connectivity index (χ0n) is 10.3. The molecular formula is C15H19N. The Bertz CT molecular complexity index is 410. The van der Waals surface area contributed by atoms with Gasteiger partial charge in [0.15, 0.2) is 0 Å². The predicted molar refractivity (Wildman–Crippen MR) is 66.1 cm³/mol. The fraction of sp³-hybridized carbons (Fsp3) is 0.533. The molecule has 16 heavy (non-hydrogen) atoms. The smallest absolute Gasteiger partial charge is 0.0665 e. The first kappa shape index (κ1) is 11.2. The average Bonchev–Trinajstić information content (AvgIpc) is 2.91. The van der Waals surface area contributed by atoms with Crippen molar-refractivity contribution in [2.75, 3.05) is 0 Å². The third-order valence-corrected chi connectivity index (χ3v) is 3.65. The van der Waals surface area contributed by atoms with Crippen LogP contribution in [0, 0.1) is 23.2 Å². The molecule has 0 bridgehead atoms. The summed E-state index contributed by atoms with van der Waals surface area (Å²) in [4.78, 5) is 0. The summed E-state index contributed by atoms with van der Waals surface area (Å²) < 4.78 is 0. The molecule has 0 aromatic heterocycles. The molecule has 0 spiro atoms. The van der Waals surface area contributed by atoms with Crippen LogP contribution in [0.2, 0.25) is 0 Å². The lowest BCUT2D eigenvalue weighted by Crippen LogP contribution is -2.04. The van der Waals surface area contributed by atoms with Crippen LogP contribution in [0.1, 0.15) is 38.3 Å². The fourth-order valence-corrected chi connectivity index (χ4v) is 2.37. The van der Waals surface area contributed by atoms with E-state index in [-0.39, 0.29) is 11.3 Å². The largest absolute Gasteiger partial charge is 0.198 e. The van der Waals surface area contributed by atoms with Crippen molar-refractivity contribution >= 4 is 0 Å². The Morgan fingerprint density at radius 2 is 2.00 bits per heavy atom. The van der Waals surface area contributed by atoms with E-state index < -0.39 is 0 Å². The minimum atomic E-state index is 0.130. The fourth-order valence-electron chi connectivity index (χ4n) is 2.37. The van der Waals surface area contributed by atoms with Gasteiger partial charge in [0.1, 0.15) is 0 Å². The molecule has 1 fully saturated rings. The molecule has 2 unspecified atom stereocenters. The number of nitriles is 1. The summed E-state index contributed by atoms with van der Waals surface area (Å²) in [5.41, 5.74) is 2.86. The van der Waals surface area contributed by atoms with Crippen molar-refractivity contribution in [1.82, 2.24) is 0 Å². The summed E-state index contributed by atoms with van der Waals surface area (Å²) in [6, 6.07) is 11.2. The van der Waals surface area contributed by atoms with Crippen LogP contribution in [0.25, 0.3) is 0 Å². The summed E-state index contributed by atoms with van der Waals surface area (Å²) in [7, 11) is 0. The van der Waals surface area contributed by atoms with Gasteiger partial charge in [0, 0.05) is 5.41 Å². The van der Waals surface area contributed by atoms with Gasteiger partial charge in [-0.3, -0.25) is 0 Å². The van der Waals surface area contributed by atoms with E-state index >= 15 is 0 Å². The van der Waals surface area contributed by atoms with Gasteiger partial charge in [-0.2, -0.15) is 5.26 Å². The van der Waals surface area contributed by atoms with Crippen LogP contribution in [0.3, 0.4) is 0 Å². The Labute approximate surface area is 98.1 Å². The molecule has 1 aromatic carbocycles. The van der Waals surface area contributed by atoms with Crippen LogP contribution in [-0.4, -0.2) is 0 Å². The Balaban J connectivity index is 2.12. The van der Waals surface area contributed by atoms with Crippen molar-refractivity contribution in [3.63, 3.8) is 0 Å². The second kappa shape index (κ2) is 3.94. The molecule has 0 amide bonds. The number of hydrogen-bond donors (Lipinski definition) is 0. The van der Waals surface area contributed by atoms with Gasteiger partial charge in [-0.25, -0.2) is 0 Å². The molecule has 0 aliphatic heterocycles. The molecule has 1 heteroatoms. The highest BCUT2D eigenvalue weighted by atomic mass is 14.5. The highest BCUT2D eigenvalue weighted by Crippen LogP contribution is 2.53. The number of rotatable bonds is 3. The monoisotopic (exact) mass is 213 g/mol. The van der Waals surface area contributed by atoms with E-state index in [0.717, 1.165) is 12.8 Å². The lowest BCUT2D eigenvalue weighted by molar-refractivity contribution is 0.646. The highest BCUT2D eigenvalue weighted by molar-refractivity contribution is 5.37. The van der Waals surface area contributed by atoms with E-state index in [1.807, 2.05) is 0 Å². The van der Waals surface area contributed by atoms with Gasteiger partial charge >= 0.3 is 0 Å². The zero-order chi connectivity index (χ0) is 11.8. The molecule has 0 N–H and O–H groups in total. The van der Waals surface area contributed by atoms with E-state index in [9.17, 15) is 0 Å². The van der Waals surface area contributed by atoms with Gasteiger partial charge in [0.25, 0.3) is 0 Å². The molecule has 0 saturated heterocycles. The molecule has 2 atom stereocenters. The van der Waals surface area contributed by atoms with E-state index in [4.69, 9.17) is 5.26 Å². The molecule has 1 aromatic rings. The highest BCUT2D eigenvalue weighted by Gasteiger charge is 2.51. The molecule has 0 radical (unpaired) electrons. The SMILES string of the molecule is CC(C)Cc1ccc(C2(C)CC2C#N)cc1. The van der Waals surface area contributed by atoms with Gasteiger partial charge in [-0.1, -0.05) is 45.0 Å². The predicted octanol–water partition coefficient (Wildman–Crippen LogP) is 3.69. The summed E-state index contributed by atoms with van der Waals surface area (Å²) in [5.74, 6) is 0.928. The Hall–Kier alpha value is -1.29. The van der Waals surface area contributed by atoms with Crippen molar-refractivity contribution in [2.24, 2.45) is 11.8 Å². The standard InChI is InChI=1S/C15H19N/c1-11(2)8-12-4-6-13(7-5-12)15(3)9-14(15)10-16/h4-7,11,14H,8-9H2,1-3H3. The normalized spacial score (nSPS) is 27.8. The van der Waals surface area contributed by atoms with Crippen LogP contribution in [0.15, 0.2) is 24.3 Å².